The van der Waals surface area contributed by atoms with E-state index in [2.05, 4.69) is 10.7 Å². The van der Waals surface area contributed by atoms with Crippen LogP contribution in [0.2, 0.25) is 0 Å². The van der Waals surface area contributed by atoms with Crippen molar-refractivity contribution in [2.75, 3.05) is 31.4 Å². The number of hydrogen-bond donors (Lipinski definition) is 2. The molecule has 9 nitrogen and oxygen atoms in total. The molecule has 24 heavy (non-hydrogen) atoms. The van der Waals surface area contributed by atoms with E-state index in [9.17, 15) is 33.4 Å². The third-order valence-corrected chi connectivity index (χ3v) is 2.85. The molecule has 0 radical (unpaired) electrons. The van der Waals surface area contributed by atoms with Crippen LogP contribution in [-0.4, -0.2) is 35.5 Å². The van der Waals surface area contributed by atoms with Gasteiger partial charge in [0.25, 0.3) is 0 Å². The summed E-state index contributed by atoms with van der Waals surface area (Å²) in [6.07, 6.45) is -4.59. The topological polar surface area (TPSA) is 114 Å². The van der Waals surface area contributed by atoms with Crippen molar-refractivity contribution in [1.29, 1.82) is 0 Å². The molecular formula is C12H16F3N5O4. The van der Waals surface area contributed by atoms with Crippen molar-refractivity contribution < 1.29 is 23.0 Å². The molecular weight excluding hydrogens is 335 g/mol. The molecule has 0 aliphatic carbocycles. The predicted molar refractivity (Wildman–Crippen MR) is 80.8 cm³/mol. The lowest BCUT2D eigenvalue weighted by Crippen LogP contribution is -2.23. The quantitative estimate of drug-likeness (QED) is 0.572. The van der Waals surface area contributed by atoms with Gasteiger partial charge in [-0.1, -0.05) is 6.92 Å². The average molecular weight is 351 g/mol. The summed E-state index contributed by atoms with van der Waals surface area (Å²) in [5.74, 6) is 0. The Hall–Kier alpha value is -2.63. The highest BCUT2D eigenvalue weighted by molar-refractivity contribution is 5.86. The van der Waals surface area contributed by atoms with Crippen LogP contribution in [0.4, 0.5) is 35.9 Å². The van der Waals surface area contributed by atoms with Crippen LogP contribution in [0.3, 0.4) is 0 Å². The number of hydrogen-bond acceptors (Lipinski definition) is 7. The molecule has 0 unspecified atom stereocenters. The van der Waals surface area contributed by atoms with E-state index in [-0.39, 0.29) is 12.6 Å². The molecule has 1 rings (SSSR count). The lowest BCUT2D eigenvalue weighted by atomic mass is 10.1. The fraction of sp³-hybridized carbons (Fsp3) is 0.500. The third-order valence-electron chi connectivity index (χ3n) is 2.85. The van der Waals surface area contributed by atoms with Gasteiger partial charge in [-0.25, -0.2) is 5.01 Å². The highest BCUT2D eigenvalue weighted by atomic mass is 19.4. The normalized spacial score (nSPS) is 11.5. The Morgan fingerprint density at radius 3 is 2.12 bits per heavy atom. The van der Waals surface area contributed by atoms with Crippen molar-refractivity contribution in [1.82, 2.24) is 5.01 Å². The van der Waals surface area contributed by atoms with Gasteiger partial charge in [-0.3, -0.25) is 20.2 Å². The number of benzene rings is 1. The van der Waals surface area contributed by atoms with E-state index in [1.807, 2.05) is 0 Å². The monoisotopic (exact) mass is 351 g/mol. The maximum absolute atomic E-state index is 13.2. The fourth-order valence-electron chi connectivity index (χ4n) is 1.97. The molecule has 134 valence electrons. The molecule has 0 amide bonds. The number of hydrazine groups is 1. The van der Waals surface area contributed by atoms with E-state index >= 15 is 0 Å². The van der Waals surface area contributed by atoms with Gasteiger partial charge in [0, 0.05) is 26.7 Å². The van der Waals surface area contributed by atoms with E-state index in [0.717, 1.165) is 5.01 Å². The summed E-state index contributed by atoms with van der Waals surface area (Å²) in [5.41, 5.74) is -2.61. The van der Waals surface area contributed by atoms with Crippen molar-refractivity contribution in [2.24, 2.45) is 0 Å². The van der Waals surface area contributed by atoms with Gasteiger partial charge in [0.15, 0.2) is 0 Å². The van der Waals surface area contributed by atoms with E-state index in [1.165, 1.54) is 14.1 Å². The molecule has 0 aliphatic rings. The molecule has 2 N–H and O–H groups in total. The maximum atomic E-state index is 13.2. The first-order valence-corrected chi connectivity index (χ1v) is 6.75. The molecule has 0 aliphatic heterocycles. The van der Waals surface area contributed by atoms with Crippen molar-refractivity contribution >= 4 is 22.7 Å². The van der Waals surface area contributed by atoms with Crippen LogP contribution in [0.5, 0.6) is 0 Å². The molecule has 12 heteroatoms. The average Bonchev–Trinajstić information content (AvgIpc) is 2.41. The first kappa shape index (κ1) is 19.4. The van der Waals surface area contributed by atoms with Gasteiger partial charge in [-0.2, -0.15) is 13.2 Å². The number of nitro benzene ring substituents is 2. The van der Waals surface area contributed by atoms with Gasteiger partial charge in [0.1, 0.15) is 5.69 Å². The molecule has 0 aromatic heterocycles. The summed E-state index contributed by atoms with van der Waals surface area (Å²) in [4.78, 5) is 20.3. The van der Waals surface area contributed by atoms with E-state index in [1.54, 1.807) is 6.92 Å². The lowest BCUT2D eigenvalue weighted by Gasteiger charge is -2.19. The summed E-state index contributed by atoms with van der Waals surface area (Å²) < 4.78 is 39.7. The Morgan fingerprint density at radius 2 is 1.75 bits per heavy atom. The zero-order chi connectivity index (χ0) is 18.7. The highest BCUT2D eigenvalue weighted by Gasteiger charge is 2.42. The zero-order valence-corrected chi connectivity index (χ0v) is 13.1. The van der Waals surface area contributed by atoms with Crippen LogP contribution in [0, 0.1) is 20.2 Å². The summed E-state index contributed by atoms with van der Waals surface area (Å²) in [7, 11) is 2.79. The van der Waals surface area contributed by atoms with Crippen LogP contribution in [-0.2, 0) is 6.18 Å². The van der Waals surface area contributed by atoms with E-state index in [0.29, 0.717) is 6.42 Å². The second-order valence-corrected chi connectivity index (χ2v) is 4.99. The first-order valence-electron chi connectivity index (χ1n) is 6.75. The van der Waals surface area contributed by atoms with Crippen molar-refractivity contribution in [2.45, 2.75) is 19.5 Å². The molecule has 0 saturated carbocycles. The van der Waals surface area contributed by atoms with E-state index in [4.69, 9.17) is 0 Å². The smallest absolute Gasteiger partial charge is 0.379 e. The number of nitrogens with one attached hydrogen (secondary N) is 2. The number of nitro groups is 2. The minimum Gasteiger partial charge on any atom is -0.379 e. The summed E-state index contributed by atoms with van der Waals surface area (Å²) >= 11 is 0. The van der Waals surface area contributed by atoms with Gasteiger partial charge in [0.05, 0.1) is 15.4 Å². The minimum absolute atomic E-state index is 0.0309. The Kier molecular flexibility index (Phi) is 5.90. The van der Waals surface area contributed by atoms with Gasteiger partial charge < -0.3 is 10.7 Å². The Labute approximate surface area is 134 Å². The fourth-order valence-corrected chi connectivity index (χ4v) is 1.97. The Balaban J connectivity index is 3.86. The zero-order valence-electron chi connectivity index (χ0n) is 13.1. The summed E-state index contributed by atoms with van der Waals surface area (Å²) in [5, 5.41) is 26.0. The SMILES string of the molecule is CCCNc1c(C(F)(F)F)cc([N+](=O)[O-])c(NN(C)C)c1[N+](=O)[O-]. The lowest BCUT2D eigenvalue weighted by molar-refractivity contribution is -0.392. The second kappa shape index (κ2) is 7.29. The summed E-state index contributed by atoms with van der Waals surface area (Å²) in [6.45, 7) is 1.69. The number of halogens is 3. The van der Waals surface area contributed by atoms with Crippen molar-refractivity contribution in [3.8, 4) is 0 Å². The first-order chi connectivity index (χ1) is 11.0. The molecule has 0 bridgehead atoms. The van der Waals surface area contributed by atoms with Gasteiger partial charge >= 0.3 is 17.6 Å². The van der Waals surface area contributed by atoms with Gasteiger partial charge in [-0.15, -0.1) is 0 Å². The van der Waals surface area contributed by atoms with Crippen LogP contribution < -0.4 is 10.7 Å². The number of rotatable bonds is 7. The summed E-state index contributed by atoms with van der Waals surface area (Å²) in [6, 6.07) is 0.289. The predicted octanol–water partition coefficient (Wildman–Crippen LogP) is 3.23. The van der Waals surface area contributed by atoms with Crippen molar-refractivity contribution in [3.05, 3.63) is 31.9 Å². The van der Waals surface area contributed by atoms with E-state index < -0.39 is 44.3 Å². The molecule has 1 aromatic carbocycles. The number of nitrogens with zero attached hydrogens (tertiary/aromatic N) is 3. The highest BCUT2D eigenvalue weighted by Crippen LogP contribution is 2.48. The van der Waals surface area contributed by atoms with Crippen LogP contribution in [0.25, 0.3) is 0 Å². The van der Waals surface area contributed by atoms with Crippen LogP contribution >= 0.6 is 0 Å². The maximum Gasteiger partial charge on any atom is 0.418 e. The van der Waals surface area contributed by atoms with Gasteiger partial charge in [0.2, 0.25) is 5.69 Å². The Bertz CT molecular complexity index is 649. The largest absolute Gasteiger partial charge is 0.418 e. The van der Waals surface area contributed by atoms with Crippen LogP contribution in [0.15, 0.2) is 6.07 Å². The second-order valence-electron chi connectivity index (χ2n) is 4.99. The molecule has 0 spiro atoms. The molecule has 0 atom stereocenters. The molecule has 0 heterocycles. The van der Waals surface area contributed by atoms with Gasteiger partial charge in [-0.05, 0) is 6.42 Å². The standard InChI is InChI=1S/C12H16F3N5O4/c1-4-5-16-9-7(12(13,14)15)6-8(19(21)22)10(17-18(2)3)11(9)20(23)24/h6,16-17H,4-5H2,1-3H3. The number of anilines is 2. The minimum atomic E-state index is -5.00. The molecule has 0 saturated heterocycles. The number of alkyl halides is 3. The van der Waals surface area contributed by atoms with Crippen LogP contribution in [0.1, 0.15) is 18.9 Å². The molecule has 1 aromatic rings. The Morgan fingerprint density at radius 1 is 1.17 bits per heavy atom. The van der Waals surface area contributed by atoms with Crippen molar-refractivity contribution in [3.63, 3.8) is 0 Å². The third kappa shape index (κ3) is 4.22. The molecule has 0 fully saturated rings.